The van der Waals surface area contributed by atoms with Gasteiger partial charge >= 0.3 is 6.03 Å². The van der Waals surface area contributed by atoms with Crippen molar-refractivity contribution in [3.63, 3.8) is 0 Å². The first kappa shape index (κ1) is 16.8. The van der Waals surface area contributed by atoms with Crippen LogP contribution in [0.15, 0.2) is 24.3 Å². The molecule has 1 atom stereocenters. The van der Waals surface area contributed by atoms with Crippen molar-refractivity contribution in [2.45, 2.75) is 45.7 Å². The molecule has 0 aromatic heterocycles. The van der Waals surface area contributed by atoms with Crippen molar-refractivity contribution in [2.24, 2.45) is 0 Å². The van der Waals surface area contributed by atoms with Crippen LogP contribution in [0.4, 0.5) is 16.2 Å². The number of amides is 2. The Bertz CT molecular complexity index is 507. The number of nitrogens with one attached hydrogen (secondary N) is 2. The number of carbonyl (C=O) groups is 1. The summed E-state index contributed by atoms with van der Waals surface area (Å²) in [6, 6.07) is 9.77. The molecule has 0 saturated carbocycles. The van der Waals surface area contributed by atoms with E-state index in [-0.39, 0.29) is 12.1 Å². The van der Waals surface area contributed by atoms with E-state index in [2.05, 4.69) is 35.5 Å². The lowest BCUT2D eigenvalue weighted by molar-refractivity contribution is 0.248. The van der Waals surface area contributed by atoms with Gasteiger partial charge in [-0.3, -0.25) is 0 Å². The summed E-state index contributed by atoms with van der Waals surface area (Å²) in [5.74, 6) is 0. The standard InChI is InChI=1S/C16H24N4O/c1-5-13(9-10-17)18-16(21)19-14-7-6-8-15(11-14)20(4)12(2)3/h6-8,11-13H,5,9H2,1-4H3,(H2,18,19,21). The molecule has 0 radical (unpaired) electrons. The monoisotopic (exact) mass is 288 g/mol. The van der Waals surface area contributed by atoms with Crippen LogP contribution in [0.2, 0.25) is 0 Å². The Morgan fingerprint density at radius 1 is 1.43 bits per heavy atom. The highest BCUT2D eigenvalue weighted by Gasteiger charge is 2.11. The summed E-state index contributed by atoms with van der Waals surface area (Å²) in [5, 5.41) is 14.3. The summed E-state index contributed by atoms with van der Waals surface area (Å²) in [4.78, 5) is 14.1. The number of nitriles is 1. The highest BCUT2D eigenvalue weighted by atomic mass is 16.2. The van der Waals surface area contributed by atoms with Crippen LogP contribution in [0.5, 0.6) is 0 Å². The summed E-state index contributed by atoms with van der Waals surface area (Å²) >= 11 is 0. The molecule has 0 bridgehead atoms. The second-order valence-corrected chi connectivity index (χ2v) is 5.32. The molecule has 1 aromatic carbocycles. The molecule has 0 spiro atoms. The van der Waals surface area contributed by atoms with Crippen LogP contribution >= 0.6 is 0 Å². The van der Waals surface area contributed by atoms with Gasteiger partial charge in [0.05, 0.1) is 12.5 Å². The fraction of sp³-hybridized carbons (Fsp3) is 0.500. The smallest absolute Gasteiger partial charge is 0.319 e. The first-order valence-electron chi connectivity index (χ1n) is 7.25. The average Bonchev–Trinajstić information content (AvgIpc) is 2.46. The molecule has 2 N–H and O–H groups in total. The van der Waals surface area contributed by atoms with Crippen LogP contribution in [0.25, 0.3) is 0 Å². The van der Waals surface area contributed by atoms with Crippen molar-refractivity contribution in [3.05, 3.63) is 24.3 Å². The van der Waals surface area contributed by atoms with Crippen LogP contribution in [0.3, 0.4) is 0 Å². The Morgan fingerprint density at radius 2 is 2.14 bits per heavy atom. The largest absolute Gasteiger partial charge is 0.372 e. The van der Waals surface area contributed by atoms with Gasteiger partial charge in [0.15, 0.2) is 0 Å². The maximum absolute atomic E-state index is 11.9. The quantitative estimate of drug-likeness (QED) is 0.843. The van der Waals surface area contributed by atoms with Gasteiger partial charge in [0.25, 0.3) is 0 Å². The van der Waals surface area contributed by atoms with Gasteiger partial charge in [-0.15, -0.1) is 0 Å². The first-order valence-corrected chi connectivity index (χ1v) is 7.25. The van der Waals surface area contributed by atoms with Crippen molar-refractivity contribution in [1.82, 2.24) is 5.32 Å². The normalized spacial score (nSPS) is 11.6. The molecular formula is C16H24N4O. The van der Waals surface area contributed by atoms with Gasteiger partial charge < -0.3 is 15.5 Å². The number of nitrogens with zero attached hydrogens (tertiary/aromatic N) is 2. The number of benzene rings is 1. The molecule has 21 heavy (non-hydrogen) atoms. The lowest BCUT2D eigenvalue weighted by Crippen LogP contribution is -2.37. The van der Waals surface area contributed by atoms with Gasteiger partial charge in [-0.05, 0) is 38.5 Å². The van der Waals surface area contributed by atoms with E-state index in [1.165, 1.54) is 0 Å². The first-order chi connectivity index (χ1) is 9.97. The van der Waals surface area contributed by atoms with Crippen molar-refractivity contribution in [2.75, 3.05) is 17.3 Å². The molecule has 1 aromatic rings. The summed E-state index contributed by atoms with van der Waals surface area (Å²) in [5.41, 5.74) is 1.79. The lowest BCUT2D eigenvalue weighted by atomic mass is 10.2. The number of rotatable bonds is 6. The molecule has 0 saturated heterocycles. The van der Waals surface area contributed by atoms with Crippen LogP contribution in [0.1, 0.15) is 33.6 Å². The minimum atomic E-state index is -0.276. The van der Waals surface area contributed by atoms with Crippen LogP contribution in [-0.2, 0) is 0 Å². The molecule has 5 heteroatoms. The molecule has 2 amide bonds. The van der Waals surface area contributed by atoms with Crippen molar-refractivity contribution in [1.29, 1.82) is 5.26 Å². The number of hydrogen-bond donors (Lipinski definition) is 2. The van der Waals surface area contributed by atoms with Crippen LogP contribution < -0.4 is 15.5 Å². The topological polar surface area (TPSA) is 68.2 Å². The Balaban J connectivity index is 2.68. The van der Waals surface area contributed by atoms with Crippen molar-refractivity contribution in [3.8, 4) is 6.07 Å². The lowest BCUT2D eigenvalue weighted by Gasteiger charge is -2.24. The van der Waals surface area contributed by atoms with Gasteiger partial charge in [0.1, 0.15) is 0 Å². The third kappa shape index (κ3) is 5.35. The molecule has 114 valence electrons. The minimum Gasteiger partial charge on any atom is -0.372 e. The zero-order valence-corrected chi connectivity index (χ0v) is 13.2. The second-order valence-electron chi connectivity index (χ2n) is 5.32. The highest BCUT2D eigenvalue weighted by molar-refractivity contribution is 5.90. The Labute approximate surface area is 126 Å². The van der Waals surface area contributed by atoms with E-state index >= 15 is 0 Å². The average molecular weight is 288 g/mol. The number of hydrogen-bond acceptors (Lipinski definition) is 3. The molecule has 0 aliphatic heterocycles. The number of carbonyl (C=O) groups excluding carboxylic acids is 1. The predicted octanol–water partition coefficient (Wildman–Crippen LogP) is 3.34. The molecule has 0 aliphatic rings. The fourth-order valence-electron chi connectivity index (χ4n) is 1.86. The Hall–Kier alpha value is -2.22. The molecule has 1 rings (SSSR count). The van der Waals surface area contributed by atoms with E-state index in [0.717, 1.165) is 17.8 Å². The summed E-state index contributed by atoms with van der Waals surface area (Å²) in [7, 11) is 2.02. The minimum absolute atomic E-state index is 0.114. The van der Waals surface area contributed by atoms with E-state index in [1.54, 1.807) is 0 Å². The third-order valence-corrected chi connectivity index (χ3v) is 3.45. The van der Waals surface area contributed by atoms with Gasteiger partial charge in [-0.1, -0.05) is 13.0 Å². The van der Waals surface area contributed by atoms with E-state index in [0.29, 0.717) is 12.5 Å². The van der Waals surface area contributed by atoms with Gasteiger partial charge in [-0.2, -0.15) is 5.26 Å². The Kier molecular flexibility index (Phi) is 6.54. The second kappa shape index (κ2) is 8.15. The van der Waals surface area contributed by atoms with Gasteiger partial charge in [0, 0.05) is 30.5 Å². The van der Waals surface area contributed by atoms with Crippen molar-refractivity contribution < 1.29 is 4.79 Å². The third-order valence-electron chi connectivity index (χ3n) is 3.45. The SMILES string of the molecule is CCC(CC#N)NC(=O)Nc1cccc(N(C)C(C)C)c1. The molecule has 0 fully saturated rings. The number of anilines is 2. The van der Waals surface area contributed by atoms with E-state index in [4.69, 9.17) is 5.26 Å². The molecule has 0 heterocycles. The summed E-state index contributed by atoms with van der Waals surface area (Å²) in [6.07, 6.45) is 1.05. The van der Waals surface area contributed by atoms with Gasteiger partial charge in [0.2, 0.25) is 0 Å². The maximum Gasteiger partial charge on any atom is 0.319 e. The van der Waals surface area contributed by atoms with E-state index in [1.807, 2.05) is 38.2 Å². The fourth-order valence-corrected chi connectivity index (χ4v) is 1.86. The maximum atomic E-state index is 11.9. The van der Waals surface area contributed by atoms with E-state index < -0.39 is 0 Å². The predicted molar refractivity (Wildman–Crippen MR) is 86.4 cm³/mol. The summed E-state index contributed by atoms with van der Waals surface area (Å²) in [6.45, 7) is 6.17. The van der Waals surface area contributed by atoms with Gasteiger partial charge in [-0.25, -0.2) is 4.79 Å². The van der Waals surface area contributed by atoms with E-state index in [9.17, 15) is 4.79 Å². The molecule has 5 nitrogen and oxygen atoms in total. The Morgan fingerprint density at radius 3 is 2.71 bits per heavy atom. The molecule has 1 unspecified atom stereocenters. The zero-order valence-electron chi connectivity index (χ0n) is 13.2. The number of urea groups is 1. The van der Waals surface area contributed by atoms with Crippen LogP contribution in [-0.4, -0.2) is 25.2 Å². The zero-order chi connectivity index (χ0) is 15.8. The van der Waals surface area contributed by atoms with Crippen LogP contribution in [0, 0.1) is 11.3 Å². The van der Waals surface area contributed by atoms with Crippen molar-refractivity contribution >= 4 is 17.4 Å². The molecular weight excluding hydrogens is 264 g/mol. The highest BCUT2D eigenvalue weighted by Crippen LogP contribution is 2.20. The molecule has 0 aliphatic carbocycles. The summed E-state index contributed by atoms with van der Waals surface area (Å²) < 4.78 is 0.